The molecule has 1 amide bonds. The second kappa shape index (κ2) is 8.39. The van der Waals surface area contributed by atoms with Gasteiger partial charge < -0.3 is 9.64 Å². The maximum absolute atomic E-state index is 12.8. The molecule has 2 aromatic carbocycles. The molecular formula is C21H25N5O2. The third kappa shape index (κ3) is 4.14. The van der Waals surface area contributed by atoms with Crippen LogP contribution in [-0.2, 0) is 17.9 Å². The number of methoxy groups -OCH3 is 1. The highest BCUT2D eigenvalue weighted by Gasteiger charge is 2.20. The first-order valence-corrected chi connectivity index (χ1v) is 9.64. The quantitative estimate of drug-likeness (QED) is 0.680. The lowest BCUT2D eigenvalue weighted by molar-refractivity contribution is -0.131. The van der Waals surface area contributed by atoms with E-state index in [9.17, 15) is 4.79 Å². The normalized spacial score (nSPS) is 15.5. The van der Waals surface area contributed by atoms with Gasteiger partial charge in [-0.25, -0.2) is 4.68 Å². The number of ether oxygens (including phenoxy) is 1. The maximum atomic E-state index is 12.8. The summed E-state index contributed by atoms with van der Waals surface area (Å²) in [5, 5.41) is 8.27. The molecule has 0 N–H and O–H groups in total. The van der Waals surface area contributed by atoms with Crippen LogP contribution in [0.25, 0.3) is 11.0 Å². The monoisotopic (exact) mass is 379 g/mol. The molecule has 1 fully saturated rings. The SMILES string of the molecule is COc1ccc(CN2CCCN(C(=O)Cn3nnc4ccccc43)CC2)cc1. The molecule has 0 bridgehead atoms. The highest BCUT2D eigenvalue weighted by molar-refractivity contribution is 5.79. The highest BCUT2D eigenvalue weighted by Crippen LogP contribution is 2.15. The summed E-state index contributed by atoms with van der Waals surface area (Å²) in [6, 6.07) is 15.9. The lowest BCUT2D eigenvalue weighted by Gasteiger charge is -2.22. The molecule has 2 heterocycles. The molecule has 3 aromatic rings. The van der Waals surface area contributed by atoms with E-state index in [0.717, 1.165) is 55.9 Å². The first kappa shape index (κ1) is 18.4. The molecule has 1 aromatic heterocycles. The van der Waals surface area contributed by atoms with Gasteiger partial charge in [-0.3, -0.25) is 9.69 Å². The predicted molar refractivity (Wildman–Crippen MR) is 107 cm³/mol. The number of hydrogen-bond donors (Lipinski definition) is 0. The third-order valence-electron chi connectivity index (χ3n) is 5.21. The number of benzene rings is 2. The zero-order valence-electron chi connectivity index (χ0n) is 16.1. The highest BCUT2D eigenvalue weighted by atomic mass is 16.5. The topological polar surface area (TPSA) is 63.5 Å². The van der Waals surface area contributed by atoms with Crippen LogP contribution in [0.2, 0.25) is 0 Å². The van der Waals surface area contributed by atoms with Gasteiger partial charge in [-0.05, 0) is 36.2 Å². The summed E-state index contributed by atoms with van der Waals surface area (Å²) >= 11 is 0. The Bertz CT molecular complexity index is 937. The van der Waals surface area contributed by atoms with Crippen LogP contribution in [0.15, 0.2) is 48.5 Å². The van der Waals surface area contributed by atoms with Gasteiger partial charge in [0.25, 0.3) is 0 Å². The van der Waals surface area contributed by atoms with Gasteiger partial charge in [0, 0.05) is 32.7 Å². The standard InChI is InChI=1S/C21H25N5O2/c1-28-18-9-7-17(8-10-18)15-24-11-4-12-25(14-13-24)21(27)16-26-20-6-3-2-5-19(20)22-23-26/h2-3,5-10H,4,11-16H2,1H3. The third-order valence-corrected chi connectivity index (χ3v) is 5.21. The van der Waals surface area contributed by atoms with E-state index >= 15 is 0 Å². The Hall–Kier alpha value is -2.93. The molecule has 0 aliphatic carbocycles. The second-order valence-electron chi connectivity index (χ2n) is 7.09. The smallest absolute Gasteiger partial charge is 0.244 e. The molecular weight excluding hydrogens is 354 g/mol. The largest absolute Gasteiger partial charge is 0.497 e. The number of hydrogen-bond acceptors (Lipinski definition) is 5. The van der Waals surface area contributed by atoms with Gasteiger partial charge >= 0.3 is 0 Å². The van der Waals surface area contributed by atoms with Gasteiger partial charge in [0.1, 0.15) is 17.8 Å². The molecule has 146 valence electrons. The molecule has 0 atom stereocenters. The summed E-state index contributed by atoms with van der Waals surface area (Å²) in [6.07, 6.45) is 0.972. The van der Waals surface area contributed by atoms with Crippen LogP contribution in [0, 0.1) is 0 Å². The molecule has 1 aliphatic rings. The van der Waals surface area contributed by atoms with E-state index in [4.69, 9.17) is 4.74 Å². The van der Waals surface area contributed by atoms with Crippen molar-refractivity contribution in [2.24, 2.45) is 0 Å². The molecule has 0 radical (unpaired) electrons. The van der Waals surface area contributed by atoms with Gasteiger partial charge in [-0.1, -0.05) is 29.5 Å². The number of aromatic nitrogens is 3. The maximum Gasteiger partial charge on any atom is 0.244 e. The average molecular weight is 379 g/mol. The fraction of sp³-hybridized carbons (Fsp3) is 0.381. The Morgan fingerprint density at radius 3 is 2.68 bits per heavy atom. The van der Waals surface area contributed by atoms with Crippen molar-refractivity contribution < 1.29 is 9.53 Å². The van der Waals surface area contributed by atoms with Crippen LogP contribution in [-0.4, -0.2) is 64.0 Å². The fourth-order valence-corrected chi connectivity index (χ4v) is 3.63. The van der Waals surface area contributed by atoms with Crippen molar-refractivity contribution in [2.75, 3.05) is 33.3 Å². The Labute approximate surface area is 164 Å². The Kier molecular flexibility index (Phi) is 5.53. The van der Waals surface area contributed by atoms with E-state index in [2.05, 4.69) is 27.3 Å². The Morgan fingerprint density at radius 1 is 1.04 bits per heavy atom. The van der Waals surface area contributed by atoms with Gasteiger partial charge in [-0.15, -0.1) is 5.10 Å². The van der Waals surface area contributed by atoms with Gasteiger partial charge in [0.05, 0.1) is 12.6 Å². The molecule has 0 unspecified atom stereocenters. The van der Waals surface area contributed by atoms with Gasteiger partial charge in [-0.2, -0.15) is 0 Å². The molecule has 1 aliphatic heterocycles. The van der Waals surface area contributed by atoms with Crippen LogP contribution < -0.4 is 4.74 Å². The number of amides is 1. The number of rotatable bonds is 5. The summed E-state index contributed by atoms with van der Waals surface area (Å²) in [6.45, 7) is 4.50. The minimum Gasteiger partial charge on any atom is -0.497 e. The molecule has 28 heavy (non-hydrogen) atoms. The first-order valence-electron chi connectivity index (χ1n) is 9.64. The Balaban J connectivity index is 1.34. The average Bonchev–Trinajstić information content (AvgIpc) is 2.98. The van der Waals surface area contributed by atoms with E-state index in [-0.39, 0.29) is 12.5 Å². The van der Waals surface area contributed by atoms with Crippen molar-refractivity contribution in [1.29, 1.82) is 0 Å². The summed E-state index contributed by atoms with van der Waals surface area (Å²) in [7, 11) is 1.68. The lowest BCUT2D eigenvalue weighted by Crippen LogP contribution is -2.37. The summed E-state index contributed by atoms with van der Waals surface area (Å²) in [5.74, 6) is 0.971. The molecule has 0 saturated carbocycles. The predicted octanol–water partition coefficient (Wildman–Crippen LogP) is 2.17. The van der Waals surface area contributed by atoms with E-state index in [0.29, 0.717) is 0 Å². The first-order chi connectivity index (χ1) is 13.7. The molecule has 7 nitrogen and oxygen atoms in total. The van der Waals surface area contributed by atoms with Gasteiger partial charge in [0.2, 0.25) is 5.91 Å². The molecule has 1 saturated heterocycles. The fourth-order valence-electron chi connectivity index (χ4n) is 3.63. The van der Waals surface area contributed by atoms with E-state index in [1.165, 1.54) is 5.56 Å². The van der Waals surface area contributed by atoms with Crippen molar-refractivity contribution in [3.05, 3.63) is 54.1 Å². The summed E-state index contributed by atoms with van der Waals surface area (Å²) in [5.41, 5.74) is 2.97. The van der Waals surface area contributed by atoms with Crippen LogP contribution in [0.5, 0.6) is 5.75 Å². The number of carbonyl (C=O) groups is 1. The molecule has 7 heteroatoms. The number of fused-ring (bicyclic) bond motifs is 1. The molecule has 0 spiro atoms. The lowest BCUT2D eigenvalue weighted by atomic mass is 10.2. The van der Waals surface area contributed by atoms with Crippen molar-refractivity contribution in [1.82, 2.24) is 24.8 Å². The van der Waals surface area contributed by atoms with E-state index < -0.39 is 0 Å². The van der Waals surface area contributed by atoms with Crippen molar-refractivity contribution in [2.45, 2.75) is 19.5 Å². The van der Waals surface area contributed by atoms with E-state index in [1.807, 2.05) is 41.3 Å². The number of para-hydroxylation sites is 1. The van der Waals surface area contributed by atoms with Crippen LogP contribution >= 0.6 is 0 Å². The Morgan fingerprint density at radius 2 is 1.86 bits per heavy atom. The number of nitrogens with zero attached hydrogens (tertiary/aromatic N) is 5. The van der Waals surface area contributed by atoms with Gasteiger partial charge in [0.15, 0.2) is 0 Å². The minimum atomic E-state index is 0.0990. The van der Waals surface area contributed by atoms with E-state index in [1.54, 1.807) is 11.8 Å². The number of carbonyl (C=O) groups excluding carboxylic acids is 1. The molecule has 4 rings (SSSR count). The second-order valence-corrected chi connectivity index (χ2v) is 7.09. The van der Waals surface area contributed by atoms with Crippen molar-refractivity contribution >= 4 is 16.9 Å². The van der Waals surface area contributed by atoms with Crippen LogP contribution in [0.1, 0.15) is 12.0 Å². The summed E-state index contributed by atoms with van der Waals surface area (Å²) < 4.78 is 6.91. The minimum absolute atomic E-state index is 0.0990. The van der Waals surface area contributed by atoms with Crippen LogP contribution in [0.3, 0.4) is 0 Å². The summed E-state index contributed by atoms with van der Waals surface area (Å²) in [4.78, 5) is 17.2. The zero-order chi connectivity index (χ0) is 19.3. The zero-order valence-corrected chi connectivity index (χ0v) is 16.1. The van der Waals surface area contributed by atoms with Crippen molar-refractivity contribution in [3.8, 4) is 5.75 Å². The van der Waals surface area contributed by atoms with Crippen molar-refractivity contribution in [3.63, 3.8) is 0 Å². The van der Waals surface area contributed by atoms with Crippen LogP contribution in [0.4, 0.5) is 0 Å².